The third kappa shape index (κ3) is 3.86. The lowest BCUT2D eigenvalue weighted by Gasteiger charge is -2.40. The fourth-order valence-corrected chi connectivity index (χ4v) is 5.39. The summed E-state index contributed by atoms with van der Waals surface area (Å²) in [7, 11) is 1.60. The summed E-state index contributed by atoms with van der Waals surface area (Å²) in [6.07, 6.45) is 9.58. The fourth-order valence-electron chi connectivity index (χ4n) is 5.39. The minimum absolute atomic E-state index is 0.0868. The molecular formula is C23H31NO4. The Morgan fingerprint density at radius 1 is 1.29 bits per heavy atom. The van der Waals surface area contributed by atoms with Crippen molar-refractivity contribution in [3.05, 3.63) is 23.5 Å². The van der Waals surface area contributed by atoms with Crippen LogP contribution in [0.4, 0.5) is 0 Å². The molecule has 0 aromatic rings. The average molecular weight is 386 g/mol. The molecule has 0 spiro atoms. The second kappa shape index (κ2) is 7.93. The van der Waals surface area contributed by atoms with Crippen LogP contribution in [-0.4, -0.2) is 53.4 Å². The van der Waals surface area contributed by atoms with Crippen LogP contribution in [-0.2, 0) is 9.53 Å². The van der Waals surface area contributed by atoms with E-state index in [1.807, 2.05) is 0 Å². The van der Waals surface area contributed by atoms with Crippen molar-refractivity contribution in [1.82, 2.24) is 4.90 Å². The first-order chi connectivity index (χ1) is 13.5. The number of piperidine rings is 1. The van der Waals surface area contributed by atoms with Crippen LogP contribution in [0.2, 0.25) is 0 Å². The summed E-state index contributed by atoms with van der Waals surface area (Å²) in [5, 5.41) is 21.5. The molecule has 0 amide bonds. The van der Waals surface area contributed by atoms with Gasteiger partial charge in [-0.3, -0.25) is 9.69 Å². The van der Waals surface area contributed by atoms with Crippen molar-refractivity contribution in [3.63, 3.8) is 0 Å². The minimum atomic E-state index is -1.14. The highest BCUT2D eigenvalue weighted by Gasteiger charge is 2.47. The summed E-state index contributed by atoms with van der Waals surface area (Å²) in [6.45, 7) is 3.00. The Morgan fingerprint density at radius 2 is 2.00 bits per heavy atom. The Morgan fingerprint density at radius 3 is 2.64 bits per heavy atom. The van der Waals surface area contributed by atoms with Gasteiger partial charge in [0.2, 0.25) is 0 Å². The second-order valence-corrected chi connectivity index (χ2v) is 8.94. The number of fused-ring (bicyclic) bond motifs is 1. The van der Waals surface area contributed by atoms with Crippen molar-refractivity contribution in [2.75, 3.05) is 26.7 Å². The number of likely N-dealkylation sites (tertiary alicyclic amines) is 1. The molecule has 2 unspecified atom stereocenters. The van der Waals surface area contributed by atoms with Gasteiger partial charge in [-0.25, -0.2) is 0 Å². The molecule has 1 saturated heterocycles. The van der Waals surface area contributed by atoms with Crippen LogP contribution in [0.1, 0.15) is 44.9 Å². The Hall–Kier alpha value is -1.77. The van der Waals surface area contributed by atoms with Crippen molar-refractivity contribution in [1.29, 1.82) is 0 Å². The van der Waals surface area contributed by atoms with Gasteiger partial charge in [-0.2, -0.15) is 0 Å². The largest absolute Gasteiger partial charge is 0.501 e. The summed E-state index contributed by atoms with van der Waals surface area (Å²) in [6, 6.07) is 0. The van der Waals surface area contributed by atoms with E-state index >= 15 is 0 Å². The van der Waals surface area contributed by atoms with Crippen LogP contribution in [0.3, 0.4) is 0 Å². The van der Waals surface area contributed by atoms with Gasteiger partial charge in [0.25, 0.3) is 0 Å². The van der Waals surface area contributed by atoms with Crippen LogP contribution < -0.4 is 0 Å². The maximum Gasteiger partial charge on any atom is 0.311 e. The molecule has 5 nitrogen and oxygen atoms in total. The van der Waals surface area contributed by atoms with Crippen LogP contribution in [0.5, 0.6) is 0 Å². The zero-order chi connectivity index (χ0) is 19.7. The molecular weight excluding hydrogens is 354 g/mol. The highest BCUT2D eigenvalue weighted by molar-refractivity contribution is 5.75. The summed E-state index contributed by atoms with van der Waals surface area (Å²) < 4.78 is 5.38. The molecule has 0 radical (unpaired) electrons. The second-order valence-electron chi connectivity index (χ2n) is 8.94. The van der Waals surface area contributed by atoms with Crippen LogP contribution in [0.15, 0.2) is 23.5 Å². The van der Waals surface area contributed by atoms with Crippen molar-refractivity contribution < 1.29 is 19.7 Å². The molecule has 3 aliphatic carbocycles. The van der Waals surface area contributed by atoms with Crippen molar-refractivity contribution in [3.8, 4) is 11.8 Å². The number of rotatable bonds is 6. The van der Waals surface area contributed by atoms with Crippen LogP contribution in [0.25, 0.3) is 0 Å². The molecule has 2 N–H and O–H groups in total. The Bertz CT molecular complexity index is 729. The maximum atomic E-state index is 12.1. The number of nitrogens with zero attached hydrogens (tertiary/aromatic N) is 1. The Kier molecular flexibility index (Phi) is 5.53. The topological polar surface area (TPSA) is 70.0 Å². The predicted molar refractivity (Wildman–Crippen MR) is 106 cm³/mol. The normalized spacial score (nSPS) is 33.4. The molecule has 1 aliphatic heterocycles. The van der Waals surface area contributed by atoms with Gasteiger partial charge >= 0.3 is 5.97 Å². The molecule has 0 bridgehead atoms. The first-order valence-corrected chi connectivity index (χ1v) is 10.6. The first-order valence-electron chi connectivity index (χ1n) is 10.6. The minimum Gasteiger partial charge on any atom is -0.501 e. The van der Waals surface area contributed by atoms with Gasteiger partial charge in [-0.05, 0) is 48.7 Å². The zero-order valence-electron chi connectivity index (χ0n) is 16.7. The van der Waals surface area contributed by atoms with E-state index in [9.17, 15) is 15.0 Å². The molecule has 4 atom stereocenters. The lowest BCUT2D eigenvalue weighted by atomic mass is 9.70. The van der Waals surface area contributed by atoms with Crippen molar-refractivity contribution in [2.24, 2.45) is 23.7 Å². The lowest BCUT2D eigenvalue weighted by Crippen LogP contribution is -2.44. The van der Waals surface area contributed by atoms with E-state index < -0.39 is 17.5 Å². The molecule has 1 heterocycles. The number of allylic oxidation sites excluding steroid dienone is 2. The SMILES string of the molecule is COC1=CC=C(C(CC#CCN2C[C@H]3C[C@H]3C2)C(=O)O)C(O)(C2CCCC2)C1. The van der Waals surface area contributed by atoms with Crippen LogP contribution >= 0.6 is 0 Å². The summed E-state index contributed by atoms with van der Waals surface area (Å²) in [4.78, 5) is 14.4. The maximum absolute atomic E-state index is 12.1. The number of ether oxygens (including phenoxy) is 1. The quantitative estimate of drug-likeness (QED) is 0.688. The van der Waals surface area contributed by atoms with E-state index in [2.05, 4.69) is 16.7 Å². The molecule has 152 valence electrons. The molecule has 4 rings (SSSR count). The summed E-state index contributed by atoms with van der Waals surface area (Å²) in [5.41, 5.74) is -0.540. The molecule has 4 aliphatic rings. The number of hydrogen-bond acceptors (Lipinski definition) is 4. The number of methoxy groups -OCH3 is 1. The highest BCUT2D eigenvalue weighted by Crippen LogP contribution is 2.47. The highest BCUT2D eigenvalue weighted by atomic mass is 16.5. The Labute approximate surface area is 167 Å². The number of carboxylic acid groups (broad SMARTS) is 1. The number of carboxylic acids is 1. The zero-order valence-corrected chi connectivity index (χ0v) is 16.7. The monoisotopic (exact) mass is 385 g/mol. The number of carbonyl (C=O) groups is 1. The smallest absolute Gasteiger partial charge is 0.311 e. The first kappa shape index (κ1) is 19.5. The third-order valence-electron chi connectivity index (χ3n) is 7.15. The van der Waals surface area contributed by atoms with Crippen molar-refractivity contribution >= 4 is 5.97 Å². The van der Waals surface area contributed by atoms with Gasteiger partial charge in [-0.1, -0.05) is 24.8 Å². The van der Waals surface area contributed by atoms with E-state index in [0.717, 1.165) is 57.2 Å². The average Bonchev–Trinajstić information content (AvgIpc) is 3.09. The molecule has 0 aromatic heterocycles. The predicted octanol–water partition coefficient (Wildman–Crippen LogP) is 2.81. The van der Waals surface area contributed by atoms with Crippen LogP contribution in [0, 0.1) is 35.5 Å². The van der Waals surface area contributed by atoms with E-state index in [-0.39, 0.29) is 12.3 Å². The summed E-state index contributed by atoms with van der Waals surface area (Å²) >= 11 is 0. The van der Waals surface area contributed by atoms with E-state index in [0.29, 0.717) is 17.8 Å². The fraction of sp³-hybridized carbons (Fsp3) is 0.696. The molecule has 0 aromatic carbocycles. The Balaban J connectivity index is 1.48. The number of hydrogen-bond donors (Lipinski definition) is 2. The van der Waals surface area contributed by atoms with Gasteiger partial charge in [0.15, 0.2) is 0 Å². The van der Waals surface area contributed by atoms with Gasteiger partial charge in [0.1, 0.15) is 0 Å². The van der Waals surface area contributed by atoms with Gasteiger partial charge in [-0.15, -0.1) is 5.92 Å². The van der Waals surface area contributed by atoms with E-state index in [1.54, 1.807) is 19.3 Å². The molecule has 3 fully saturated rings. The van der Waals surface area contributed by atoms with Crippen molar-refractivity contribution in [2.45, 2.75) is 50.5 Å². The standard InChI is InChI=1S/C23H31NO4/c1-28-19-9-10-21(23(27,13-19)18-6-2-3-7-18)20(22(25)26)8-4-5-11-24-14-16-12-17(16)15-24/h9-10,16-18,20,27H,2-3,6-8,11-15H2,1H3,(H,25,26)/t16-,17+,20?,23?. The van der Waals surface area contributed by atoms with E-state index in [1.165, 1.54) is 6.42 Å². The van der Waals surface area contributed by atoms with Gasteiger partial charge in [0, 0.05) is 25.9 Å². The molecule has 2 saturated carbocycles. The number of aliphatic carboxylic acids is 1. The molecule has 5 heteroatoms. The van der Waals surface area contributed by atoms with Gasteiger partial charge in [0.05, 0.1) is 30.9 Å². The van der Waals surface area contributed by atoms with Gasteiger partial charge < -0.3 is 14.9 Å². The van der Waals surface area contributed by atoms with E-state index in [4.69, 9.17) is 4.74 Å². The summed E-state index contributed by atoms with van der Waals surface area (Å²) in [5.74, 6) is 7.14. The lowest BCUT2D eigenvalue weighted by molar-refractivity contribution is -0.141. The third-order valence-corrected chi connectivity index (χ3v) is 7.15. The number of aliphatic hydroxyl groups is 1. The molecule has 28 heavy (non-hydrogen) atoms.